The van der Waals surface area contributed by atoms with Gasteiger partial charge in [0.2, 0.25) is 5.91 Å². The van der Waals surface area contributed by atoms with Crippen LogP contribution in [0.5, 0.6) is 0 Å². The molecule has 1 saturated heterocycles. The smallest absolute Gasteiger partial charge is 0.408 e. The van der Waals surface area contributed by atoms with Crippen LogP contribution in [0.25, 0.3) is 0 Å². The van der Waals surface area contributed by atoms with Crippen LogP contribution in [0.3, 0.4) is 0 Å². The molecule has 0 aliphatic carbocycles. The number of amides is 2. The number of carbonyl (C=O) groups is 2. The van der Waals surface area contributed by atoms with Gasteiger partial charge in [-0.1, -0.05) is 36.8 Å². The molecule has 1 aliphatic heterocycles. The lowest BCUT2D eigenvalue weighted by molar-refractivity contribution is -0.132. The minimum absolute atomic E-state index is 0.0288. The summed E-state index contributed by atoms with van der Waals surface area (Å²) in [6.45, 7) is 12.3. The number of alkyl carbamates (subject to hydrolysis) is 1. The lowest BCUT2D eigenvalue weighted by atomic mass is 10.0. The third kappa shape index (κ3) is 10.3. The van der Waals surface area contributed by atoms with Crippen molar-refractivity contribution in [3.63, 3.8) is 0 Å². The molecular weight excluding hydrogens is 366 g/mol. The van der Waals surface area contributed by atoms with Gasteiger partial charge in [0.25, 0.3) is 0 Å². The van der Waals surface area contributed by atoms with E-state index in [0.717, 1.165) is 38.0 Å². The Labute approximate surface area is 176 Å². The van der Waals surface area contributed by atoms with Crippen LogP contribution in [0, 0.1) is 6.92 Å². The molecule has 1 atom stereocenters. The summed E-state index contributed by atoms with van der Waals surface area (Å²) >= 11 is 0. The Bertz CT molecular complexity index is 615. The number of carbonyl (C=O) groups excluding carboxylic acids is 2. The van der Waals surface area contributed by atoms with Crippen molar-refractivity contribution in [2.45, 2.75) is 71.9 Å². The molecule has 1 aromatic carbocycles. The molecule has 1 heterocycles. The molecule has 0 bridgehead atoms. The van der Waals surface area contributed by atoms with Crippen LogP contribution < -0.4 is 10.6 Å². The van der Waals surface area contributed by atoms with Crippen LogP contribution in [-0.2, 0) is 16.0 Å². The Morgan fingerprint density at radius 2 is 1.72 bits per heavy atom. The van der Waals surface area contributed by atoms with Gasteiger partial charge in [0.15, 0.2) is 0 Å². The van der Waals surface area contributed by atoms with Crippen molar-refractivity contribution in [1.29, 1.82) is 0 Å². The zero-order valence-electron chi connectivity index (χ0n) is 19.0. The quantitative estimate of drug-likeness (QED) is 0.758. The Kier molecular flexibility index (Phi) is 10.7. The highest BCUT2D eigenvalue weighted by molar-refractivity contribution is 5.86. The summed E-state index contributed by atoms with van der Waals surface area (Å²) < 4.78 is 5.32. The number of ether oxygens (including phenoxy) is 1. The Hall–Kier alpha value is -2.08. The molecule has 29 heavy (non-hydrogen) atoms. The molecule has 164 valence electrons. The maximum Gasteiger partial charge on any atom is 0.408 e. The molecular formula is C23H39N3O3. The molecule has 6 nitrogen and oxygen atoms in total. The highest BCUT2D eigenvalue weighted by atomic mass is 16.6. The van der Waals surface area contributed by atoms with Crippen molar-refractivity contribution in [3.05, 3.63) is 35.4 Å². The molecule has 1 aromatic rings. The van der Waals surface area contributed by atoms with Crippen LogP contribution in [0.1, 0.15) is 58.1 Å². The molecule has 1 unspecified atom stereocenters. The van der Waals surface area contributed by atoms with Crippen LogP contribution in [0.15, 0.2) is 24.3 Å². The summed E-state index contributed by atoms with van der Waals surface area (Å²) in [6.07, 6.45) is 3.20. The molecule has 0 saturated carbocycles. The summed E-state index contributed by atoms with van der Waals surface area (Å²) in [6, 6.07) is 7.42. The molecule has 0 radical (unpaired) electrons. The maximum absolute atomic E-state index is 12.8. The van der Waals surface area contributed by atoms with E-state index in [1.165, 1.54) is 12.0 Å². The summed E-state index contributed by atoms with van der Waals surface area (Å²) in [7, 11) is 1.96. The molecule has 2 amide bonds. The van der Waals surface area contributed by atoms with Crippen LogP contribution in [0.4, 0.5) is 4.79 Å². The van der Waals surface area contributed by atoms with Gasteiger partial charge in [-0.05, 0) is 66.1 Å². The number of benzene rings is 1. The number of aryl methyl sites for hydroxylation is 1. The Balaban J connectivity index is 0.000000749. The zero-order valence-corrected chi connectivity index (χ0v) is 19.0. The second-order valence-electron chi connectivity index (χ2n) is 8.52. The third-order valence-electron chi connectivity index (χ3n) is 4.47. The van der Waals surface area contributed by atoms with Crippen molar-refractivity contribution in [2.24, 2.45) is 0 Å². The summed E-state index contributed by atoms with van der Waals surface area (Å²) in [4.78, 5) is 26.7. The van der Waals surface area contributed by atoms with E-state index >= 15 is 0 Å². The predicted molar refractivity (Wildman–Crippen MR) is 118 cm³/mol. The molecule has 0 aromatic heterocycles. The number of likely N-dealkylation sites (tertiary alicyclic amines) is 1. The lowest BCUT2D eigenvalue weighted by Gasteiger charge is -2.26. The SMILES string of the molecule is CCCNC.Cc1ccc(CC(NC(=O)OC(C)(C)C)C(=O)N2CCCC2)cc1. The van der Waals surface area contributed by atoms with Gasteiger partial charge < -0.3 is 20.3 Å². The number of rotatable bonds is 6. The zero-order chi connectivity index (χ0) is 21.9. The monoisotopic (exact) mass is 405 g/mol. The summed E-state index contributed by atoms with van der Waals surface area (Å²) in [5, 5.41) is 5.78. The molecule has 6 heteroatoms. The highest BCUT2D eigenvalue weighted by Crippen LogP contribution is 2.14. The van der Waals surface area contributed by atoms with E-state index in [-0.39, 0.29) is 5.91 Å². The van der Waals surface area contributed by atoms with Gasteiger partial charge in [0.1, 0.15) is 11.6 Å². The van der Waals surface area contributed by atoms with Crippen LogP contribution in [-0.4, -0.2) is 55.2 Å². The van der Waals surface area contributed by atoms with Crippen molar-refractivity contribution in [3.8, 4) is 0 Å². The normalized spacial score (nSPS) is 14.6. The van der Waals surface area contributed by atoms with Crippen molar-refractivity contribution >= 4 is 12.0 Å². The first kappa shape index (κ1) is 25.0. The molecule has 0 spiro atoms. The summed E-state index contributed by atoms with van der Waals surface area (Å²) in [5.41, 5.74) is 1.60. The molecule has 1 fully saturated rings. The van der Waals surface area contributed by atoms with E-state index < -0.39 is 17.7 Å². The van der Waals surface area contributed by atoms with Crippen LogP contribution in [0.2, 0.25) is 0 Å². The number of nitrogens with one attached hydrogen (secondary N) is 2. The van der Waals surface area contributed by atoms with E-state index in [2.05, 4.69) is 17.6 Å². The molecule has 2 N–H and O–H groups in total. The first-order chi connectivity index (χ1) is 13.7. The fraction of sp³-hybridized carbons (Fsp3) is 0.652. The fourth-order valence-corrected chi connectivity index (χ4v) is 3.02. The van der Waals surface area contributed by atoms with E-state index in [1.807, 2.05) is 63.9 Å². The largest absolute Gasteiger partial charge is 0.444 e. The van der Waals surface area contributed by atoms with Crippen molar-refractivity contribution < 1.29 is 14.3 Å². The van der Waals surface area contributed by atoms with Gasteiger partial charge >= 0.3 is 6.09 Å². The minimum atomic E-state index is -0.597. The first-order valence-corrected chi connectivity index (χ1v) is 10.6. The standard InChI is InChI=1S/C19H28N2O3.C4H11N/c1-14-7-9-15(10-8-14)13-16(17(22)21-11-5-6-12-21)20-18(23)24-19(2,3)4;1-3-4-5-2/h7-10,16H,5-6,11-13H2,1-4H3,(H,20,23);5H,3-4H2,1-2H3. The minimum Gasteiger partial charge on any atom is -0.444 e. The third-order valence-corrected chi connectivity index (χ3v) is 4.47. The maximum atomic E-state index is 12.8. The van der Waals surface area contributed by atoms with Gasteiger partial charge in [-0.25, -0.2) is 4.79 Å². The van der Waals surface area contributed by atoms with Gasteiger partial charge in [0.05, 0.1) is 0 Å². The Morgan fingerprint density at radius 1 is 1.14 bits per heavy atom. The second kappa shape index (κ2) is 12.5. The lowest BCUT2D eigenvalue weighted by Crippen LogP contribution is -2.50. The summed E-state index contributed by atoms with van der Waals surface area (Å²) in [5.74, 6) is -0.0288. The van der Waals surface area contributed by atoms with Crippen LogP contribution >= 0.6 is 0 Å². The topological polar surface area (TPSA) is 70.7 Å². The fourth-order valence-electron chi connectivity index (χ4n) is 3.02. The van der Waals surface area contributed by atoms with Crippen molar-refractivity contribution in [1.82, 2.24) is 15.5 Å². The number of hydrogen-bond donors (Lipinski definition) is 2. The first-order valence-electron chi connectivity index (χ1n) is 10.6. The van der Waals surface area contributed by atoms with Crippen molar-refractivity contribution in [2.75, 3.05) is 26.7 Å². The highest BCUT2D eigenvalue weighted by Gasteiger charge is 2.29. The van der Waals surface area contributed by atoms with E-state index in [4.69, 9.17) is 4.74 Å². The number of nitrogens with zero attached hydrogens (tertiary/aromatic N) is 1. The van der Waals surface area contributed by atoms with E-state index in [9.17, 15) is 9.59 Å². The average molecular weight is 406 g/mol. The van der Waals surface area contributed by atoms with Gasteiger partial charge in [-0.15, -0.1) is 0 Å². The molecule has 2 rings (SSSR count). The molecule has 1 aliphatic rings. The van der Waals surface area contributed by atoms with Gasteiger partial charge in [-0.2, -0.15) is 0 Å². The average Bonchev–Trinajstić information content (AvgIpc) is 3.17. The predicted octanol–water partition coefficient (Wildman–Crippen LogP) is 3.67. The van der Waals surface area contributed by atoms with Gasteiger partial charge in [-0.3, -0.25) is 4.79 Å². The second-order valence-corrected chi connectivity index (χ2v) is 8.52. The van der Waals surface area contributed by atoms with Gasteiger partial charge in [0, 0.05) is 19.5 Å². The number of hydrogen-bond acceptors (Lipinski definition) is 4. The van der Waals surface area contributed by atoms with E-state index in [1.54, 1.807) is 0 Å². The van der Waals surface area contributed by atoms with E-state index in [0.29, 0.717) is 6.42 Å². The Morgan fingerprint density at radius 3 is 2.17 bits per heavy atom.